The molecule has 4 aromatic rings. The predicted molar refractivity (Wildman–Crippen MR) is 119 cm³/mol. The van der Waals surface area contributed by atoms with E-state index in [0.29, 0.717) is 17.3 Å². The average Bonchev–Trinajstić information content (AvgIpc) is 3.12. The second-order valence-electron chi connectivity index (χ2n) is 7.17. The fourth-order valence-electron chi connectivity index (χ4n) is 3.48. The number of aromatic nitrogens is 3. The number of nitrogens with zero attached hydrogens (tertiary/aromatic N) is 3. The molecular weight excluding hydrogens is 398 g/mol. The zero-order valence-electron chi connectivity index (χ0n) is 16.6. The Morgan fingerprint density at radius 1 is 0.967 bits per heavy atom. The van der Waals surface area contributed by atoms with Crippen molar-refractivity contribution in [3.05, 3.63) is 88.7 Å². The highest BCUT2D eigenvalue weighted by atomic mass is 35.5. The molecule has 0 bridgehead atoms. The maximum absolute atomic E-state index is 11.3. The molecule has 0 fully saturated rings. The van der Waals surface area contributed by atoms with Gasteiger partial charge in [0.1, 0.15) is 10.8 Å². The number of halogens is 1. The standard InChI is InChI=1S/C23H22ClN5O/c1-16(30)26-23-27-21(24)20-19(12-25-22(20)28-23)15-29(13-17-8-4-2-5-9-17)14-18-10-6-3-7-11-18/h2-12H,13-15H2,1H3,(H2,25,26,27,28,30). The van der Waals surface area contributed by atoms with Gasteiger partial charge >= 0.3 is 0 Å². The summed E-state index contributed by atoms with van der Waals surface area (Å²) in [5.74, 6) is -0.0482. The zero-order chi connectivity index (χ0) is 20.9. The van der Waals surface area contributed by atoms with Gasteiger partial charge in [-0.2, -0.15) is 9.97 Å². The second kappa shape index (κ2) is 9.07. The van der Waals surface area contributed by atoms with Crippen molar-refractivity contribution in [3.63, 3.8) is 0 Å². The van der Waals surface area contributed by atoms with Crippen molar-refractivity contribution in [1.29, 1.82) is 0 Å². The summed E-state index contributed by atoms with van der Waals surface area (Å²) in [7, 11) is 0. The van der Waals surface area contributed by atoms with Gasteiger partial charge in [-0.05, 0) is 16.7 Å². The molecule has 2 aromatic carbocycles. The van der Waals surface area contributed by atoms with Crippen molar-refractivity contribution >= 4 is 34.5 Å². The minimum absolute atomic E-state index is 0.193. The Bertz CT molecular complexity index is 1100. The van der Waals surface area contributed by atoms with Crippen molar-refractivity contribution in [2.75, 3.05) is 5.32 Å². The van der Waals surface area contributed by atoms with Gasteiger partial charge in [0, 0.05) is 32.8 Å². The summed E-state index contributed by atoms with van der Waals surface area (Å²) in [6.07, 6.45) is 1.91. The Morgan fingerprint density at radius 2 is 1.57 bits per heavy atom. The molecule has 0 unspecified atom stereocenters. The molecule has 0 aliphatic rings. The van der Waals surface area contributed by atoms with Crippen LogP contribution in [-0.2, 0) is 24.4 Å². The van der Waals surface area contributed by atoms with E-state index in [4.69, 9.17) is 11.6 Å². The van der Waals surface area contributed by atoms with Crippen LogP contribution in [0.25, 0.3) is 11.0 Å². The lowest BCUT2D eigenvalue weighted by Gasteiger charge is -2.22. The molecule has 30 heavy (non-hydrogen) atoms. The molecule has 2 N–H and O–H groups in total. The number of anilines is 1. The summed E-state index contributed by atoms with van der Waals surface area (Å²) >= 11 is 6.46. The topological polar surface area (TPSA) is 73.9 Å². The van der Waals surface area contributed by atoms with Gasteiger partial charge in [-0.3, -0.25) is 15.0 Å². The number of aromatic amines is 1. The lowest BCUT2D eigenvalue weighted by Crippen LogP contribution is -2.22. The fraction of sp³-hybridized carbons (Fsp3) is 0.174. The number of rotatable bonds is 7. The summed E-state index contributed by atoms with van der Waals surface area (Å²) < 4.78 is 0. The highest BCUT2D eigenvalue weighted by molar-refractivity contribution is 6.34. The van der Waals surface area contributed by atoms with Crippen LogP contribution in [0, 0.1) is 0 Å². The third-order valence-corrected chi connectivity index (χ3v) is 5.02. The van der Waals surface area contributed by atoms with E-state index in [2.05, 4.69) is 73.7 Å². The maximum atomic E-state index is 11.3. The van der Waals surface area contributed by atoms with Crippen molar-refractivity contribution < 1.29 is 4.79 Å². The highest BCUT2D eigenvalue weighted by Crippen LogP contribution is 2.27. The van der Waals surface area contributed by atoms with Gasteiger partial charge in [0.05, 0.1) is 5.39 Å². The molecule has 1 amide bonds. The number of amides is 1. The molecule has 0 aliphatic carbocycles. The summed E-state index contributed by atoms with van der Waals surface area (Å²) in [4.78, 5) is 25.4. The van der Waals surface area contributed by atoms with E-state index in [0.717, 1.165) is 24.0 Å². The van der Waals surface area contributed by atoms with Crippen LogP contribution in [0.3, 0.4) is 0 Å². The molecule has 0 radical (unpaired) electrons. The molecule has 2 heterocycles. The lowest BCUT2D eigenvalue weighted by atomic mass is 10.1. The first-order valence-corrected chi connectivity index (χ1v) is 10.1. The number of carbonyl (C=O) groups excluding carboxylic acids is 1. The van der Waals surface area contributed by atoms with Gasteiger partial charge in [0.25, 0.3) is 0 Å². The van der Waals surface area contributed by atoms with Gasteiger partial charge in [0.2, 0.25) is 11.9 Å². The second-order valence-corrected chi connectivity index (χ2v) is 7.53. The Labute approximate surface area is 179 Å². The van der Waals surface area contributed by atoms with Gasteiger partial charge in [-0.25, -0.2) is 0 Å². The zero-order valence-corrected chi connectivity index (χ0v) is 17.4. The van der Waals surface area contributed by atoms with Gasteiger partial charge in [0.15, 0.2) is 0 Å². The van der Waals surface area contributed by atoms with Crippen molar-refractivity contribution in [2.24, 2.45) is 0 Å². The van der Waals surface area contributed by atoms with Crippen LogP contribution in [0.4, 0.5) is 5.95 Å². The van der Waals surface area contributed by atoms with Crippen molar-refractivity contribution in [1.82, 2.24) is 19.9 Å². The maximum Gasteiger partial charge on any atom is 0.232 e. The van der Waals surface area contributed by atoms with Crippen LogP contribution in [-0.4, -0.2) is 25.8 Å². The van der Waals surface area contributed by atoms with Gasteiger partial charge in [-0.1, -0.05) is 72.3 Å². The minimum Gasteiger partial charge on any atom is -0.346 e. The van der Waals surface area contributed by atoms with Crippen molar-refractivity contribution in [2.45, 2.75) is 26.6 Å². The molecule has 152 valence electrons. The van der Waals surface area contributed by atoms with Gasteiger partial charge in [-0.15, -0.1) is 0 Å². The van der Waals surface area contributed by atoms with Crippen molar-refractivity contribution in [3.8, 4) is 0 Å². The molecule has 6 nitrogen and oxygen atoms in total. The summed E-state index contributed by atoms with van der Waals surface area (Å²) in [6, 6.07) is 20.8. The molecule has 4 rings (SSSR count). The molecule has 7 heteroatoms. The normalized spacial score (nSPS) is 11.2. The lowest BCUT2D eigenvalue weighted by molar-refractivity contribution is -0.114. The van der Waals surface area contributed by atoms with E-state index in [-0.39, 0.29) is 11.9 Å². The summed E-state index contributed by atoms with van der Waals surface area (Å²) in [5.41, 5.74) is 4.09. The molecule has 0 aliphatic heterocycles. The summed E-state index contributed by atoms with van der Waals surface area (Å²) in [5, 5.41) is 3.67. The number of hydrogen-bond acceptors (Lipinski definition) is 4. The van der Waals surface area contributed by atoms with E-state index < -0.39 is 0 Å². The van der Waals surface area contributed by atoms with Crippen LogP contribution >= 0.6 is 11.6 Å². The Hall–Kier alpha value is -3.22. The molecule has 0 atom stereocenters. The molecular formula is C23H22ClN5O. The number of nitrogens with one attached hydrogen (secondary N) is 2. The fourth-order valence-corrected chi connectivity index (χ4v) is 3.77. The number of H-pyrrole nitrogens is 1. The molecule has 2 aromatic heterocycles. The average molecular weight is 420 g/mol. The first-order valence-electron chi connectivity index (χ1n) is 9.70. The van der Waals surface area contributed by atoms with Crippen LogP contribution in [0.2, 0.25) is 5.15 Å². The quantitative estimate of drug-likeness (QED) is 0.423. The Morgan fingerprint density at radius 3 is 2.13 bits per heavy atom. The SMILES string of the molecule is CC(=O)Nc1nc(Cl)c2c(CN(Cc3ccccc3)Cc3ccccc3)c[nH]c2n1. The first kappa shape index (κ1) is 20.1. The van der Waals surface area contributed by atoms with Gasteiger partial charge < -0.3 is 4.98 Å². The van der Waals surface area contributed by atoms with Crippen LogP contribution in [0.1, 0.15) is 23.6 Å². The Balaban J connectivity index is 1.63. The molecule has 0 saturated carbocycles. The molecule has 0 saturated heterocycles. The molecule has 0 spiro atoms. The number of fused-ring (bicyclic) bond motifs is 1. The monoisotopic (exact) mass is 419 g/mol. The number of hydrogen-bond donors (Lipinski definition) is 2. The van der Waals surface area contributed by atoms with Crippen LogP contribution in [0.15, 0.2) is 66.9 Å². The van der Waals surface area contributed by atoms with E-state index in [1.165, 1.54) is 18.1 Å². The van der Waals surface area contributed by atoms with E-state index in [9.17, 15) is 4.79 Å². The number of carbonyl (C=O) groups is 1. The Kier molecular flexibility index (Phi) is 6.07. The largest absolute Gasteiger partial charge is 0.346 e. The van der Waals surface area contributed by atoms with E-state index >= 15 is 0 Å². The van der Waals surface area contributed by atoms with E-state index in [1.807, 2.05) is 18.3 Å². The predicted octanol–water partition coefficient (Wildman–Crippen LogP) is 4.77. The highest BCUT2D eigenvalue weighted by Gasteiger charge is 2.16. The summed E-state index contributed by atoms with van der Waals surface area (Å²) in [6.45, 7) is 3.68. The first-order chi connectivity index (χ1) is 14.6. The minimum atomic E-state index is -0.242. The number of benzene rings is 2. The third-order valence-electron chi connectivity index (χ3n) is 4.75. The van der Waals surface area contributed by atoms with Crippen LogP contribution < -0.4 is 5.32 Å². The van der Waals surface area contributed by atoms with E-state index in [1.54, 1.807) is 0 Å². The smallest absolute Gasteiger partial charge is 0.232 e. The van der Waals surface area contributed by atoms with Crippen LogP contribution in [0.5, 0.6) is 0 Å². The third kappa shape index (κ3) is 4.84.